The number of carbonyl (C=O) groups excluding carboxylic acids is 2. The van der Waals surface area contributed by atoms with Crippen LogP contribution in [-0.2, 0) is 11.3 Å². The summed E-state index contributed by atoms with van der Waals surface area (Å²) >= 11 is 11.7. The van der Waals surface area contributed by atoms with Crippen molar-refractivity contribution in [1.29, 1.82) is 0 Å². The summed E-state index contributed by atoms with van der Waals surface area (Å²) in [6, 6.07) is 4.59. The summed E-state index contributed by atoms with van der Waals surface area (Å²) in [5.41, 5.74) is 0. The Morgan fingerprint density at radius 1 is 1.16 bits per heavy atom. The molecule has 2 rings (SSSR count). The first-order valence-electron chi connectivity index (χ1n) is 7.40. The Balaban J connectivity index is 1.56. The van der Waals surface area contributed by atoms with E-state index in [1.807, 2.05) is 0 Å². The van der Waals surface area contributed by atoms with Crippen LogP contribution >= 0.6 is 23.2 Å². The van der Waals surface area contributed by atoms with E-state index >= 15 is 0 Å². The fraction of sp³-hybridized carbons (Fsp3) is 0.267. The fourth-order valence-electron chi connectivity index (χ4n) is 1.79. The van der Waals surface area contributed by atoms with E-state index in [0.29, 0.717) is 34.7 Å². The number of carbonyl (C=O) groups is 2. The van der Waals surface area contributed by atoms with E-state index in [1.54, 1.807) is 18.2 Å². The molecule has 8 nitrogen and oxygen atoms in total. The lowest BCUT2D eigenvalue weighted by molar-refractivity contribution is -0.120. The zero-order valence-corrected chi connectivity index (χ0v) is 14.7. The van der Waals surface area contributed by atoms with Crippen molar-refractivity contribution in [2.24, 2.45) is 0 Å². The topological polar surface area (TPSA) is 108 Å². The number of pyridine rings is 1. The normalized spacial score (nSPS) is 10.2. The first-order valence-corrected chi connectivity index (χ1v) is 8.16. The molecule has 2 aromatic rings. The number of hydrogen-bond acceptors (Lipinski definition) is 5. The van der Waals surface area contributed by atoms with Crippen LogP contribution in [0.2, 0.25) is 10.0 Å². The van der Waals surface area contributed by atoms with Gasteiger partial charge in [-0.3, -0.25) is 4.79 Å². The van der Waals surface area contributed by atoms with Gasteiger partial charge < -0.3 is 25.7 Å². The number of furan rings is 1. The largest absolute Gasteiger partial charge is 0.467 e. The third-order valence-corrected chi connectivity index (χ3v) is 3.46. The average molecular weight is 386 g/mol. The average Bonchev–Trinajstić information content (AvgIpc) is 3.10. The molecule has 0 aliphatic rings. The number of aromatic nitrogens is 1. The maximum atomic E-state index is 11.6. The Hall–Kier alpha value is -2.45. The lowest BCUT2D eigenvalue weighted by Gasteiger charge is -2.10. The first kappa shape index (κ1) is 18.9. The van der Waals surface area contributed by atoms with Gasteiger partial charge in [0.1, 0.15) is 11.6 Å². The highest BCUT2D eigenvalue weighted by Crippen LogP contribution is 2.21. The molecule has 0 saturated carbocycles. The van der Waals surface area contributed by atoms with Gasteiger partial charge in [0, 0.05) is 19.3 Å². The summed E-state index contributed by atoms with van der Waals surface area (Å²) in [5.74, 6) is 0.797. The van der Waals surface area contributed by atoms with Gasteiger partial charge in [0.15, 0.2) is 0 Å². The van der Waals surface area contributed by atoms with Crippen LogP contribution in [0.3, 0.4) is 0 Å². The number of nitrogens with one attached hydrogen (secondary N) is 4. The van der Waals surface area contributed by atoms with Crippen molar-refractivity contribution in [3.05, 3.63) is 46.5 Å². The molecule has 0 aromatic carbocycles. The molecule has 0 saturated heterocycles. The highest BCUT2D eigenvalue weighted by Gasteiger charge is 2.06. The summed E-state index contributed by atoms with van der Waals surface area (Å²) in [4.78, 5) is 27.2. The van der Waals surface area contributed by atoms with E-state index in [2.05, 4.69) is 26.3 Å². The van der Waals surface area contributed by atoms with E-state index in [9.17, 15) is 9.59 Å². The van der Waals surface area contributed by atoms with Crippen molar-refractivity contribution in [1.82, 2.24) is 20.9 Å². The van der Waals surface area contributed by atoms with Crippen LogP contribution < -0.4 is 21.3 Å². The zero-order valence-electron chi connectivity index (χ0n) is 13.1. The van der Waals surface area contributed by atoms with E-state index < -0.39 is 6.03 Å². The van der Waals surface area contributed by atoms with E-state index in [-0.39, 0.29) is 19.0 Å². The van der Waals surface area contributed by atoms with Crippen molar-refractivity contribution in [3.63, 3.8) is 0 Å². The molecule has 3 amide bonds. The third-order valence-electron chi connectivity index (χ3n) is 2.96. The number of urea groups is 1. The summed E-state index contributed by atoms with van der Waals surface area (Å²) < 4.78 is 5.08. The highest BCUT2D eigenvalue weighted by molar-refractivity contribution is 6.35. The highest BCUT2D eigenvalue weighted by atomic mass is 35.5. The smallest absolute Gasteiger partial charge is 0.315 e. The molecular weight excluding hydrogens is 369 g/mol. The lowest BCUT2D eigenvalue weighted by atomic mass is 10.4. The van der Waals surface area contributed by atoms with Gasteiger partial charge in [-0.05, 0) is 18.2 Å². The van der Waals surface area contributed by atoms with Crippen LogP contribution in [0.15, 0.2) is 35.1 Å². The first-order chi connectivity index (χ1) is 12.0. The Morgan fingerprint density at radius 2 is 2.00 bits per heavy atom. The van der Waals surface area contributed by atoms with Gasteiger partial charge in [-0.25, -0.2) is 9.78 Å². The fourth-order valence-corrected chi connectivity index (χ4v) is 2.23. The van der Waals surface area contributed by atoms with Gasteiger partial charge in [0.2, 0.25) is 5.91 Å². The van der Waals surface area contributed by atoms with E-state index in [1.165, 1.54) is 12.5 Å². The van der Waals surface area contributed by atoms with Crippen LogP contribution in [0.25, 0.3) is 0 Å². The standard InChI is InChI=1S/C15H17Cl2N5O3/c16-10-6-12(17)14(21-7-10)18-3-4-19-15(24)22-9-13(23)20-8-11-2-1-5-25-11/h1-2,5-7H,3-4,8-9H2,(H,18,21)(H,20,23)(H2,19,22,24). The molecule has 0 spiro atoms. The maximum absolute atomic E-state index is 11.6. The quantitative estimate of drug-likeness (QED) is 0.519. The van der Waals surface area contributed by atoms with Crippen LogP contribution in [0.4, 0.5) is 10.6 Å². The second-order valence-corrected chi connectivity index (χ2v) is 5.72. The third kappa shape index (κ3) is 6.90. The molecule has 4 N–H and O–H groups in total. The minimum Gasteiger partial charge on any atom is -0.467 e. The molecule has 2 aromatic heterocycles. The van der Waals surface area contributed by atoms with Gasteiger partial charge in [-0.2, -0.15) is 0 Å². The second-order valence-electron chi connectivity index (χ2n) is 4.88. The van der Waals surface area contributed by atoms with E-state index in [0.717, 1.165) is 0 Å². The van der Waals surface area contributed by atoms with Crippen LogP contribution in [0.1, 0.15) is 5.76 Å². The Kier molecular flexibility index (Phi) is 7.36. The van der Waals surface area contributed by atoms with Crippen LogP contribution in [0.5, 0.6) is 0 Å². The lowest BCUT2D eigenvalue weighted by Crippen LogP contribution is -2.43. The van der Waals surface area contributed by atoms with Crippen molar-refractivity contribution >= 4 is 41.0 Å². The number of anilines is 1. The predicted molar refractivity (Wildman–Crippen MR) is 94.7 cm³/mol. The van der Waals surface area contributed by atoms with Crippen molar-refractivity contribution < 1.29 is 14.0 Å². The number of halogens is 2. The van der Waals surface area contributed by atoms with Crippen molar-refractivity contribution in [2.75, 3.05) is 25.0 Å². The van der Waals surface area contributed by atoms with E-state index in [4.69, 9.17) is 27.6 Å². The second kappa shape index (κ2) is 9.75. The minimum absolute atomic E-state index is 0.134. The molecule has 0 aliphatic carbocycles. The molecule has 0 radical (unpaired) electrons. The zero-order chi connectivity index (χ0) is 18.1. The maximum Gasteiger partial charge on any atom is 0.315 e. The molecule has 10 heteroatoms. The molecule has 0 unspecified atom stereocenters. The Morgan fingerprint density at radius 3 is 2.72 bits per heavy atom. The Bertz CT molecular complexity index is 709. The summed E-state index contributed by atoms with van der Waals surface area (Å²) in [5, 5.41) is 11.5. The number of nitrogens with zero attached hydrogens (tertiary/aromatic N) is 1. The molecule has 25 heavy (non-hydrogen) atoms. The monoisotopic (exact) mass is 385 g/mol. The molecule has 0 bridgehead atoms. The van der Waals surface area contributed by atoms with Gasteiger partial charge in [0.25, 0.3) is 0 Å². The summed E-state index contributed by atoms with van der Waals surface area (Å²) in [6.07, 6.45) is 2.99. The molecule has 0 atom stereocenters. The number of rotatable bonds is 8. The van der Waals surface area contributed by atoms with Gasteiger partial charge in [0.05, 0.1) is 29.4 Å². The molecular formula is C15H17Cl2N5O3. The Labute approximate surface area is 154 Å². The number of hydrogen-bond donors (Lipinski definition) is 4. The van der Waals surface area contributed by atoms with Crippen molar-refractivity contribution in [3.8, 4) is 0 Å². The summed E-state index contributed by atoms with van der Waals surface area (Å²) in [7, 11) is 0. The van der Waals surface area contributed by atoms with Crippen molar-refractivity contribution in [2.45, 2.75) is 6.54 Å². The molecule has 134 valence electrons. The molecule has 0 fully saturated rings. The van der Waals surface area contributed by atoms with Gasteiger partial charge in [-0.15, -0.1) is 0 Å². The van der Waals surface area contributed by atoms with Gasteiger partial charge in [-0.1, -0.05) is 23.2 Å². The van der Waals surface area contributed by atoms with Gasteiger partial charge >= 0.3 is 6.03 Å². The predicted octanol–water partition coefficient (Wildman–Crippen LogP) is 2.01. The number of amides is 3. The van der Waals surface area contributed by atoms with Crippen LogP contribution in [0, 0.1) is 0 Å². The minimum atomic E-state index is -0.454. The SMILES string of the molecule is O=C(CNC(=O)NCCNc1ncc(Cl)cc1Cl)NCc1ccco1. The summed E-state index contributed by atoms with van der Waals surface area (Å²) in [6.45, 7) is 0.866. The molecule has 2 heterocycles. The molecule has 0 aliphatic heterocycles. The van der Waals surface area contributed by atoms with Crippen LogP contribution in [-0.4, -0.2) is 36.6 Å².